The smallest absolute Gasteiger partial charge is 0.257 e. The third-order valence-corrected chi connectivity index (χ3v) is 1.80. The molecule has 0 unspecified atom stereocenters. The van der Waals surface area contributed by atoms with Gasteiger partial charge in [0.05, 0.1) is 14.2 Å². The van der Waals surface area contributed by atoms with Crippen molar-refractivity contribution in [3.63, 3.8) is 0 Å². The van der Waals surface area contributed by atoms with Gasteiger partial charge in [-0.15, -0.1) is 0 Å². The summed E-state index contributed by atoms with van der Waals surface area (Å²) in [5, 5.41) is 0. The second kappa shape index (κ2) is 4.38. The van der Waals surface area contributed by atoms with Gasteiger partial charge >= 0.3 is 0 Å². The fourth-order valence-electron chi connectivity index (χ4n) is 1.05. The number of ether oxygens (including phenoxy) is 2. The summed E-state index contributed by atoms with van der Waals surface area (Å²) in [6.07, 6.45) is 0. The molecule has 3 nitrogen and oxygen atoms in total. The van der Waals surface area contributed by atoms with Gasteiger partial charge in [-0.1, -0.05) is 0 Å². The maximum absolute atomic E-state index is 13.2. The molecule has 0 aliphatic carbocycles. The molecule has 0 atom stereocenters. The second-order valence-corrected chi connectivity index (χ2v) is 2.65. The van der Waals surface area contributed by atoms with Crippen LogP contribution in [0.25, 0.3) is 0 Å². The van der Waals surface area contributed by atoms with Crippen LogP contribution in [0.5, 0.6) is 11.5 Å². The standard InChI is InChI=1S/C9H6F4O3/c1-15-8-3(10)4(11)9(16-2)6(13)7(14)5(8)12/h1-2H3. The summed E-state index contributed by atoms with van der Waals surface area (Å²) in [6.45, 7) is 0. The summed E-state index contributed by atoms with van der Waals surface area (Å²) in [7, 11) is 1.62. The Bertz CT molecular complexity index is 446. The maximum atomic E-state index is 13.2. The Balaban J connectivity index is 3.91. The molecule has 7 heteroatoms. The molecule has 0 saturated heterocycles. The minimum atomic E-state index is -1.86. The highest BCUT2D eigenvalue weighted by molar-refractivity contribution is 5.34. The SMILES string of the molecule is COc1c(F)c(F)c(OC)c(F)c(=O)c1F. The largest absolute Gasteiger partial charge is 0.491 e. The van der Waals surface area contributed by atoms with Gasteiger partial charge in [-0.2, -0.15) is 17.6 Å². The molecule has 16 heavy (non-hydrogen) atoms. The van der Waals surface area contributed by atoms with Crippen LogP contribution in [-0.2, 0) is 0 Å². The molecule has 0 aliphatic heterocycles. The Hall–Kier alpha value is -1.79. The number of methoxy groups -OCH3 is 2. The van der Waals surface area contributed by atoms with Crippen molar-refractivity contribution in [1.82, 2.24) is 0 Å². The van der Waals surface area contributed by atoms with Crippen LogP contribution < -0.4 is 14.9 Å². The predicted molar refractivity (Wildman–Crippen MR) is 45.6 cm³/mol. The Morgan fingerprint density at radius 2 is 1.06 bits per heavy atom. The van der Waals surface area contributed by atoms with Crippen LogP contribution >= 0.6 is 0 Å². The lowest BCUT2D eigenvalue weighted by Crippen LogP contribution is -2.10. The van der Waals surface area contributed by atoms with Crippen molar-refractivity contribution in [2.45, 2.75) is 0 Å². The predicted octanol–water partition coefficient (Wildman–Crippen LogP) is 1.62. The van der Waals surface area contributed by atoms with Gasteiger partial charge in [-0.05, 0) is 0 Å². The molecular formula is C9H6F4O3. The number of halogens is 4. The van der Waals surface area contributed by atoms with Crippen LogP contribution in [0, 0.1) is 23.3 Å². The van der Waals surface area contributed by atoms with Crippen molar-refractivity contribution in [1.29, 1.82) is 0 Å². The normalized spacial score (nSPS) is 10.1. The van der Waals surface area contributed by atoms with E-state index in [1.807, 2.05) is 0 Å². The molecule has 0 heterocycles. The lowest BCUT2D eigenvalue weighted by Gasteiger charge is -1.99. The van der Waals surface area contributed by atoms with Gasteiger partial charge in [-0.3, -0.25) is 4.79 Å². The van der Waals surface area contributed by atoms with E-state index in [9.17, 15) is 22.4 Å². The average Bonchev–Trinajstić information content (AvgIpc) is 2.32. The van der Waals surface area contributed by atoms with Crippen LogP contribution in [0.3, 0.4) is 0 Å². The molecule has 1 aromatic rings. The van der Waals surface area contributed by atoms with Crippen molar-refractivity contribution in [3.8, 4) is 11.5 Å². The Labute approximate surface area is 87.2 Å². The molecule has 88 valence electrons. The molecule has 0 amide bonds. The van der Waals surface area contributed by atoms with Crippen molar-refractivity contribution in [3.05, 3.63) is 33.5 Å². The van der Waals surface area contributed by atoms with E-state index in [1.54, 1.807) is 0 Å². The summed E-state index contributed by atoms with van der Waals surface area (Å²) in [6, 6.07) is 0. The highest BCUT2D eigenvalue weighted by atomic mass is 19.2. The van der Waals surface area contributed by atoms with Crippen molar-refractivity contribution >= 4 is 0 Å². The van der Waals surface area contributed by atoms with Gasteiger partial charge in [0.2, 0.25) is 23.3 Å². The topological polar surface area (TPSA) is 35.5 Å². The lowest BCUT2D eigenvalue weighted by molar-refractivity contribution is 0.334. The molecule has 0 fully saturated rings. The van der Waals surface area contributed by atoms with Crippen LogP contribution in [0.15, 0.2) is 4.79 Å². The van der Waals surface area contributed by atoms with E-state index >= 15 is 0 Å². The summed E-state index contributed by atoms with van der Waals surface area (Å²) in [4.78, 5) is 11.0. The first-order valence-electron chi connectivity index (χ1n) is 3.93. The first-order valence-corrected chi connectivity index (χ1v) is 3.93. The fraction of sp³-hybridized carbons (Fsp3) is 0.222. The Morgan fingerprint density at radius 1 is 0.750 bits per heavy atom. The van der Waals surface area contributed by atoms with Gasteiger partial charge in [0.25, 0.3) is 5.43 Å². The minimum absolute atomic E-state index is 0.810. The van der Waals surface area contributed by atoms with E-state index in [-0.39, 0.29) is 0 Å². The van der Waals surface area contributed by atoms with Crippen LogP contribution in [0.1, 0.15) is 0 Å². The summed E-state index contributed by atoms with van der Waals surface area (Å²) in [5.41, 5.74) is -1.84. The van der Waals surface area contributed by atoms with E-state index in [4.69, 9.17) is 0 Å². The van der Waals surface area contributed by atoms with E-state index in [1.165, 1.54) is 0 Å². The third-order valence-electron chi connectivity index (χ3n) is 1.80. The molecular weight excluding hydrogens is 232 g/mol. The van der Waals surface area contributed by atoms with E-state index < -0.39 is 40.2 Å². The number of hydrogen-bond acceptors (Lipinski definition) is 3. The second-order valence-electron chi connectivity index (χ2n) is 2.65. The van der Waals surface area contributed by atoms with Crippen LogP contribution in [-0.4, -0.2) is 14.2 Å². The van der Waals surface area contributed by atoms with E-state index in [2.05, 4.69) is 9.47 Å². The van der Waals surface area contributed by atoms with E-state index in [0.717, 1.165) is 14.2 Å². The van der Waals surface area contributed by atoms with Crippen LogP contribution in [0.4, 0.5) is 17.6 Å². The van der Waals surface area contributed by atoms with Gasteiger partial charge in [0, 0.05) is 0 Å². The van der Waals surface area contributed by atoms with Gasteiger partial charge in [0.1, 0.15) is 0 Å². The monoisotopic (exact) mass is 238 g/mol. The van der Waals surface area contributed by atoms with Crippen molar-refractivity contribution in [2.75, 3.05) is 14.2 Å². The fourth-order valence-corrected chi connectivity index (χ4v) is 1.05. The zero-order valence-electron chi connectivity index (χ0n) is 8.24. The quantitative estimate of drug-likeness (QED) is 0.734. The molecule has 0 aromatic heterocycles. The van der Waals surface area contributed by atoms with Gasteiger partial charge in [0.15, 0.2) is 11.5 Å². The zero-order valence-corrected chi connectivity index (χ0v) is 8.24. The highest BCUT2D eigenvalue weighted by Crippen LogP contribution is 2.27. The lowest BCUT2D eigenvalue weighted by atomic mass is 10.4. The van der Waals surface area contributed by atoms with Crippen LogP contribution in [0.2, 0.25) is 0 Å². The average molecular weight is 238 g/mol. The Kier molecular flexibility index (Phi) is 3.36. The molecule has 1 rings (SSSR count). The number of rotatable bonds is 2. The Morgan fingerprint density at radius 3 is 1.31 bits per heavy atom. The summed E-state index contributed by atoms with van der Waals surface area (Å²) in [5.74, 6) is -10.00. The molecule has 1 aromatic carbocycles. The van der Waals surface area contributed by atoms with E-state index in [0.29, 0.717) is 0 Å². The van der Waals surface area contributed by atoms with Gasteiger partial charge < -0.3 is 9.47 Å². The van der Waals surface area contributed by atoms with Crippen molar-refractivity contribution < 1.29 is 27.0 Å². The maximum Gasteiger partial charge on any atom is 0.257 e. The summed E-state index contributed by atoms with van der Waals surface area (Å²) >= 11 is 0. The molecule has 0 bridgehead atoms. The molecule has 0 saturated carbocycles. The zero-order chi connectivity index (χ0) is 12.5. The van der Waals surface area contributed by atoms with Crippen molar-refractivity contribution in [2.24, 2.45) is 0 Å². The molecule has 0 aliphatic rings. The molecule has 0 radical (unpaired) electrons. The molecule has 0 N–H and O–H groups in total. The first-order chi connectivity index (χ1) is 7.45. The van der Waals surface area contributed by atoms with Gasteiger partial charge in [-0.25, -0.2) is 0 Å². The highest BCUT2D eigenvalue weighted by Gasteiger charge is 2.25. The number of hydrogen-bond donors (Lipinski definition) is 0. The first kappa shape index (κ1) is 12.3. The molecule has 0 spiro atoms. The minimum Gasteiger partial charge on any atom is -0.491 e. The summed E-state index contributed by atoms with van der Waals surface area (Å²) < 4.78 is 60.9. The third kappa shape index (κ3) is 1.68.